The number of carbonyl (C=O) groups excluding carboxylic acids is 2. The van der Waals surface area contributed by atoms with E-state index in [4.69, 9.17) is 9.47 Å². The molecule has 0 aliphatic carbocycles. The van der Waals surface area contributed by atoms with E-state index in [1.807, 2.05) is 6.07 Å². The first-order valence-electron chi connectivity index (χ1n) is 8.52. The molecular formula is C20H16F2INO4S. The second-order valence-corrected chi connectivity index (χ2v) is 8.85. The van der Waals surface area contributed by atoms with E-state index in [0.717, 1.165) is 21.4 Å². The summed E-state index contributed by atoms with van der Waals surface area (Å²) in [5.41, 5.74) is 0.591. The second-order valence-electron chi connectivity index (χ2n) is 6.61. The number of halogens is 3. The number of nitrogens with zero attached hydrogens (tertiary/aromatic N) is 1. The minimum atomic E-state index is -1.40. The van der Waals surface area contributed by atoms with E-state index in [0.29, 0.717) is 5.69 Å². The highest BCUT2D eigenvalue weighted by molar-refractivity contribution is 14.1. The summed E-state index contributed by atoms with van der Waals surface area (Å²) in [6.07, 6.45) is 0. The third-order valence-corrected chi connectivity index (χ3v) is 5.61. The maximum absolute atomic E-state index is 14.0. The molecule has 0 amide bonds. The van der Waals surface area contributed by atoms with Crippen molar-refractivity contribution >= 4 is 57.0 Å². The molecule has 1 fully saturated rings. The van der Waals surface area contributed by atoms with E-state index in [9.17, 15) is 18.4 Å². The number of carbonyl (C=O) groups is 2. The number of rotatable bonds is 4. The minimum Gasteiger partial charge on any atom is -0.422 e. The maximum Gasteiger partial charge on any atom is 0.330 e. The van der Waals surface area contributed by atoms with Crippen molar-refractivity contribution in [1.82, 2.24) is 0 Å². The molecule has 0 radical (unpaired) electrons. The van der Waals surface area contributed by atoms with E-state index in [1.54, 1.807) is 18.2 Å². The molecule has 9 heteroatoms. The van der Waals surface area contributed by atoms with Crippen LogP contribution < -0.4 is 0 Å². The van der Waals surface area contributed by atoms with Crippen LogP contribution in [0.15, 0.2) is 47.5 Å². The van der Waals surface area contributed by atoms with E-state index in [-0.39, 0.29) is 16.4 Å². The Kier molecular flexibility index (Phi) is 6.57. The average molecular weight is 531 g/mol. The monoisotopic (exact) mass is 531 g/mol. The Morgan fingerprint density at radius 2 is 1.79 bits per heavy atom. The Morgan fingerprint density at radius 1 is 1.14 bits per heavy atom. The van der Waals surface area contributed by atoms with Crippen LogP contribution in [0.5, 0.6) is 0 Å². The number of thioether (sulfide) groups is 1. The summed E-state index contributed by atoms with van der Waals surface area (Å²) in [4.78, 5) is 29.4. The smallest absolute Gasteiger partial charge is 0.330 e. The van der Waals surface area contributed by atoms with Crippen molar-refractivity contribution in [1.29, 1.82) is 0 Å². The molecule has 0 spiro atoms. The van der Waals surface area contributed by atoms with Gasteiger partial charge in [-0.3, -0.25) is 9.59 Å². The van der Waals surface area contributed by atoms with Crippen LogP contribution in [0.2, 0.25) is 0 Å². The Morgan fingerprint density at radius 3 is 2.45 bits per heavy atom. The molecule has 1 aliphatic heterocycles. The molecule has 1 saturated heterocycles. The Labute approximate surface area is 184 Å². The summed E-state index contributed by atoms with van der Waals surface area (Å²) in [5, 5.41) is 0.0844. The lowest BCUT2D eigenvalue weighted by Crippen LogP contribution is -2.48. The van der Waals surface area contributed by atoms with Crippen LogP contribution in [0.1, 0.15) is 19.4 Å². The third-order valence-electron chi connectivity index (χ3n) is 3.87. The summed E-state index contributed by atoms with van der Waals surface area (Å²) < 4.78 is 38.8. The van der Waals surface area contributed by atoms with Crippen LogP contribution in [0.25, 0.3) is 0 Å². The fraction of sp³-hybridized carbons (Fsp3) is 0.250. The zero-order chi connectivity index (χ0) is 21.2. The molecule has 2 aromatic carbocycles. The number of esters is 2. The lowest BCUT2D eigenvalue weighted by atomic mass is 10.1. The molecule has 0 unspecified atom stereocenters. The molecule has 0 N–H and O–H groups in total. The van der Waals surface area contributed by atoms with E-state index in [1.165, 1.54) is 26.0 Å². The van der Waals surface area contributed by atoms with Crippen molar-refractivity contribution in [2.75, 3.05) is 0 Å². The predicted molar refractivity (Wildman–Crippen MR) is 114 cm³/mol. The molecular weight excluding hydrogens is 515 g/mol. The lowest BCUT2D eigenvalue weighted by Gasteiger charge is -2.33. The van der Waals surface area contributed by atoms with Crippen LogP contribution in [-0.2, 0) is 24.8 Å². The minimum absolute atomic E-state index is 0.0349. The number of cyclic esters (lactones) is 2. The molecule has 0 saturated carbocycles. The second kappa shape index (κ2) is 8.78. The normalized spacial score (nSPS) is 17.1. The number of hydrogen-bond donors (Lipinski definition) is 0. The standard InChI is InChI=1S/C20H16F2INO4S/c1-20(2)27-18(25)15(19(26)28-20)17(24-13-7-4-6-12(23)9-13)29-10-11-5-3-8-14(21)16(11)22/h3-9,15H,10H2,1-2H3. The largest absolute Gasteiger partial charge is 0.422 e. The van der Waals surface area contributed by atoms with Crippen molar-refractivity contribution in [2.45, 2.75) is 25.4 Å². The molecule has 2 aromatic rings. The summed E-state index contributed by atoms with van der Waals surface area (Å²) in [6, 6.07) is 10.9. The van der Waals surface area contributed by atoms with Crippen LogP contribution in [0.4, 0.5) is 14.5 Å². The van der Waals surface area contributed by atoms with Gasteiger partial charge in [0.25, 0.3) is 5.79 Å². The highest BCUT2D eigenvalue weighted by atomic mass is 127. The Balaban J connectivity index is 1.95. The molecule has 5 nitrogen and oxygen atoms in total. The average Bonchev–Trinajstić information content (AvgIpc) is 2.61. The molecule has 152 valence electrons. The van der Waals surface area contributed by atoms with Gasteiger partial charge in [0.15, 0.2) is 11.6 Å². The van der Waals surface area contributed by atoms with Crippen LogP contribution >= 0.6 is 34.4 Å². The molecule has 0 aromatic heterocycles. The van der Waals surface area contributed by atoms with Gasteiger partial charge in [-0.15, -0.1) is 11.8 Å². The van der Waals surface area contributed by atoms with Crippen molar-refractivity contribution in [3.05, 3.63) is 63.2 Å². The maximum atomic E-state index is 14.0. The van der Waals surface area contributed by atoms with Crippen molar-refractivity contribution in [3.63, 3.8) is 0 Å². The number of hydrogen-bond acceptors (Lipinski definition) is 6. The van der Waals surface area contributed by atoms with Gasteiger partial charge in [-0.05, 0) is 46.9 Å². The van der Waals surface area contributed by atoms with Gasteiger partial charge in [0, 0.05) is 28.7 Å². The van der Waals surface area contributed by atoms with Gasteiger partial charge in [-0.1, -0.05) is 18.2 Å². The van der Waals surface area contributed by atoms with Crippen molar-refractivity contribution in [3.8, 4) is 0 Å². The van der Waals surface area contributed by atoms with Gasteiger partial charge in [0.1, 0.15) is 0 Å². The summed E-state index contributed by atoms with van der Waals surface area (Å²) >= 11 is 3.06. The molecule has 29 heavy (non-hydrogen) atoms. The van der Waals surface area contributed by atoms with Gasteiger partial charge in [-0.2, -0.15) is 0 Å². The highest BCUT2D eigenvalue weighted by Crippen LogP contribution is 2.31. The molecule has 3 rings (SSSR count). The summed E-state index contributed by atoms with van der Waals surface area (Å²) in [7, 11) is 0. The molecule has 0 bridgehead atoms. The van der Waals surface area contributed by atoms with Crippen molar-refractivity contribution in [2.24, 2.45) is 10.9 Å². The Bertz CT molecular complexity index is 976. The lowest BCUT2D eigenvalue weighted by molar-refractivity contribution is -0.235. The third kappa shape index (κ3) is 5.33. The quantitative estimate of drug-likeness (QED) is 0.183. The first kappa shape index (κ1) is 21.7. The van der Waals surface area contributed by atoms with Crippen LogP contribution in [-0.4, -0.2) is 22.8 Å². The number of aliphatic imine (C=N–C) groups is 1. The van der Waals surface area contributed by atoms with E-state index < -0.39 is 35.3 Å². The van der Waals surface area contributed by atoms with E-state index in [2.05, 4.69) is 27.6 Å². The highest BCUT2D eigenvalue weighted by Gasteiger charge is 2.46. The summed E-state index contributed by atoms with van der Waals surface area (Å²) in [5.74, 6) is -6.38. The van der Waals surface area contributed by atoms with Gasteiger partial charge < -0.3 is 9.47 Å². The fourth-order valence-electron chi connectivity index (χ4n) is 2.59. The molecule has 1 heterocycles. The number of benzene rings is 2. The first-order chi connectivity index (χ1) is 13.7. The van der Waals surface area contributed by atoms with Crippen LogP contribution in [0.3, 0.4) is 0 Å². The summed E-state index contributed by atoms with van der Waals surface area (Å²) in [6.45, 7) is 2.90. The van der Waals surface area contributed by atoms with E-state index >= 15 is 0 Å². The Hall–Kier alpha value is -2.01. The van der Waals surface area contributed by atoms with Gasteiger partial charge in [0.05, 0.1) is 10.7 Å². The fourth-order valence-corrected chi connectivity index (χ4v) is 4.17. The van der Waals surface area contributed by atoms with Gasteiger partial charge >= 0.3 is 11.9 Å². The SMILES string of the molecule is CC1(C)OC(=O)C(C(=Nc2cccc(I)c2)SCc2cccc(F)c2F)C(=O)O1. The zero-order valence-electron chi connectivity index (χ0n) is 15.4. The first-order valence-corrected chi connectivity index (χ1v) is 10.6. The van der Waals surface area contributed by atoms with Crippen LogP contribution in [0, 0.1) is 21.1 Å². The van der Waals surface area contributed by atoms with Gasteiger partial charge in [-0.25, -0.2) is 13.8 Å². The zero-order valence-corrected chi connectivity index (χ0v) is 18.4. The van der Waals surface area contributed by atoms with Crippen molar-refractivity contribution < 1.29 is 27.8 Å². The molecule has 0 atom stereocenters. The molecule has 1 aliphatic rings. The topological polar surface area (TPSA) is 65.0 Å². The number of ether oxygens (including phenoxy) is 2. The predicted octanol–water partition coefficient (Wildman–Crippen LogP) is 4.99. The van der Waals surface area contributed by atoms with Gasteiger partial charge in [0.2, 0.25) is 5.92 Å².